The highest BCUT2D eigenvalue weighted by molar-refractivity contribution is 8.00. The van der Waals surface area contributed by atoms with Crippen molar-refractivity contribution in [3.63, 3.8) is 0 Å². The van der Waals surface area contributed by atoms with Crippen LogP contribution in [0.25, 0.3) is 0 Å². The predicted octanol–water partition coefficient (Wildman–Crippen LogP) is 4.44. The highest BCUT2D eigenvalue weighted by Crippen LogP contribution is 2.38. The van der Waals surface area contributed by atoms with Crippen molar-refractivity contribution in [1.82, 2.24) is 10.2 Å². The van der Waals surface area contributed by atoms with Gasteiger partial charge in [-0.3, -0.25) is 9.59 Å². The Morgan fingerprint density at radius 3 is 2.41 bits per heavy atom. The number of carbonyl (C=O) groups is 2. The molecule has 1 fully saturated rings. The summed E-state index contributed by atoms with van der Waals surface area (Å²) in [5.41, 5.74) is 3.87. The lowest BCUT2D eigenvalue weighted by atomic mass is 10.1. The molecule has 0 spiro atoms. The summed E-state index contributed by atoms with van der Waals surface area (Å²) < 4.78 is 5.16. The van der Waals surface area contributed by atoms with Crippen LogP contribution in [0.1, 0.15) is 32.4 Å². The van der Waals surface area contributed by atoms with E-state index in [1.165, 1.54) is 5.56 Å². The molecule has 1 heterocycles. The van der Waals surface area contributed by atoms with Gasteiger partial charge >= 0.3 is 0 Å². The summed E-state index contributed by atoms with van der Waals surface area (Å²) >= 11 is 1.64. The predicted molar refractivity (Wildman–Crippen MR) is 128 cm³/mol. The van der Waals surface area contributed by atoms with Gasteiger partial charge in [0.2, 0.25) is 5.91 Å². The smallest absolute Gasteiger partial charge is 0.251 e. The minimum Gasteiger partial charge on any atom is -0.497 e. The number of ether oxygens (including phenoxy) is 1. The fraction of sp³-hybridized carbons (Fsp3) is 0.231. The highest BCUT2D eigenvalue weighted by Gasteiger charge is 2.32. The van der Waals surface area contributed by atoms with Crippen LogP contribution in [0.2, 0.25) is 0 Å². The second-order valence-corrected chi connectivity index (χ2v) is 8.71. The van der Waals surface area contributed by atoms with Gasteiger partial charge < -0.3 is 15.0 Å². The Kier molecular flexibility index (Phi) is 7.12. The Morgan fingerprint density at radius 2 is 1.72 bits per heavy atom. The van der Waals surface area contributed by atoms with Crippen LogP contribution in [-0.4, -0.2) is 36.1 Å². The van der Waals surface area contributed by atoms with Gasteiger partial charge in [-0.05, 0) is 47.4 Å². The fourth-order valence-corrected chi connectivity index (χ4v) is 4.91. The van der Waals surface area contributed by atoms with Crippen LogP contribution < -0.4 is 10.1 Å². The minimum atomic E-state index is -0.122. The van der Waals surface area contributed by atoms with Crippen LogP contribution in [0.15, 0.2) is 78.9 Å². The lowest BCUT2D eigenvalue weighted by Crippen LogP contribution is -2.30. The lowest BCUT2D eigenvalue weighted by molar-refractivity contribution is -0.128. The molecule has 0 aliphatic carbocycles. The van der Waals surface area contributed by atoms with Crippen LogP contribution in [0, 0.1) is 0 Å². The first-order valence-corrected chi connectivity index (χ1v) is 11.6. The van der Waals surface area contributed by atoms with Crippen LogP contribution in [0.3, 0.4) is 0 Å². The Morgan fingerprint density at radius 1 is 1.00 bits per heavy atom. The van der Waals surface area contributed by atoms with Crippen LogP contribution in [0.5, 0.6) is 5.75 Å². The van der Waals surface area contributed by atoms with Gasteiger partial charge in [-0.25, -0.2) is 0 Å². The van der Waals surface area contributed by atoms with Crippen molar-refractivity contribution in [2.75, 3.05) is 19.4 Å². The minimum absolute atomic E-state index is 0.0115. The Balaban J connectivity index is 1.36. The van der Waals surface area contributed by atoms with E-state index in [4.69, 9.17) is 4.74 Å². The van der Waals surface area contributed by atoms with E-state index in [9.17, 15) is 9.59 Å². The van der Waals surface area contributed by atoms with Crippen LogP contribution in [0.4, 0.5) is 0 Å². The van der Waals surface area contributed by atoms with E-state index >= 15 is 0 Å². The molecule has 2 amide bonds. The third-order valence-corrected chi connectivity index (χ3v) is 6.78. The number of nitrogens with one attached hydrogen (secondary N) is 1. The molecule has 1 aliphatic heterocycles. The summed E-state index contributed by atoms with van der Waals surface area (Å²) in [5.74, 6) is 1.32. The van der Waals surface area contributed by atoms with Crippen molar-refractivity contribution in [3.05, 3.63) is 101 Å². The molecule has 1 unspecified atom stereocenters. The molecule has 164 valence electrons. The van der Waals surface area contributed by atoms with E-state index in [0.717, 1.165) is 23.3 Å². The van der Waals surface area contributed by atoms with Crippen molar-refractivity contribution >= 4 is 23.6 Å². The van der Waals surface area contributed by atoms with Gasteiger partial charge in [0.25, 0.3) is 5.91 Å². The van der Waals surface area contributed by atoms with E-state index in [2.05, 4.69) is 17.4 Å². The van der Waals surface area contributed by atoms with Gasteiger partial charge in [-0.1, -0.05) is 54.6 Å². The first-order chi connectivity index (χ1) is 15.6. The molecule has 6 heteroatoms. The number of carbonyl (C=O) groups excluding carboxylic acids is 2. The topological polar surface area (TPSA) is 58.6 Å². The number of hydrogen-bond donors (Lipinski definition) is 1. The molecule has 0 aromatic heterocycles. The number of benzene rings is 3. The Hall–Kier alpha value is -3.25. The average molecular weight is 447 g/mol. The van der Waals surface area contributed by atoms with Gasteiger partial charge in [0.1, 0.15) is 11.1 Å². The Labute approximate surface area is 192 Å². The second kappa shape index (κ2) is 10.4. The maximum Gasteiger partial charge on any atom is 0.251 e. The molecule has 4 rings (SSSR count). The molecule has 5 nitrogen and oxygen atoms in total. The summed E-state index contributed by atoms with van der Waals surface area (Å²) in [6.07, 6.45) is 0.829. The number of thioether (sulfide) groups is 1. The van der Waals surface area contributed by atoms with Crippen molar-refractivity contribution in [3.8, 4) is 5.75 Å². The summed E-state index contributed by atoms with van der Waals surface area (Å²) in [4.78, 5) is 26.9. The zero-order valence-electron chi connectivity index (χ0n) is 18.0. The fourth-order valence-electron chi connectivity index (χ4n) is 3.69. The number of amides is 2. The Bertz CT molecular complexity index is 1050. The number of nitrogens with zero attached hydrogens (tertiary/aromatic N) is 1. The van der Waals surface area contributed by atoms with Gasteiger partial charge in [-0.2, -0.15) is 0 Å². The van der Waals surface area contributed by atoms with Crippen molar-refractivity contribution in [1.29, 1.82) is 0 Å². The largest absolute Gasteiger partial charge is 0.497 e. The molecule has 0 bridgehead atoms. The molecule has 3 aromatic rings. The van der Waals surface area contributed by atoms with E-state index in [0.29, 0.717) is 24.4 Å². The highest BCUT2D eigenvalue weighted by atomic mass is 32.2. The molecule has 1 N–H and O–H groups in total. The van der Waals surface area contributed by atoms with Crippen molar-refractivity contribution < 1.29 is 14.3 Å². The molecular formula is C26H26N2O3S. The lowest BCUT2D eigenvalue weighted by Gasteiger charge is -2.24. The second-order valence-electron chi connectivity index (χ2n) is 7.64. The van der Waals surface area contributed by atoms with E-state index < -0.39 is 0 Å². The van der Waals surface area contributed by atoms with E-state index in [1.54, 1.807) is 18.9 Å². The summed E-state index contributed by atoms with van der Waals surface area (Å²) in [6, 6.07) is 25.4. The summed E-state index contributed by atoms with van der Waals surface area (Å²) in [6.45, 7) is 1.13. The molecular weight excluding hydrogens is 420 g/mol. The molecule has 1 aliphatic rings. The zero-order chi connectivity index (χ0) is 22.3. The molecule has 1 atom stereocenters. The molecule has 1 saturated heterocycles. The molecule has 3 aromatic carbocycles. The maximum absolute atomic E-state index is 12.5. The normalized spacial score (nSPS) is 15.6. The van der Waals surface area contributed by atoms with Crippen LogP contribution >= 0.6 is 11.8 Å². The van der Waals surface area contributed by atoms with Crippen LogP contribution in [-0.2, 0) is 17.8 Å². The third-order valence-electron chi connectivity index (χ3n) is 5.52. The monoisotopic (exact) mass is 446 g/mol. The number of rotatable bonds is 8. The molecule has 0 radical (unpaired) electrons. The average Bonchev–Trinajstić information content (AvgIpc) is 3.22. The van der Waals surface area contributed by atoms with E-state index in [1.807, 2.05) is 71.6 Å². The quantitative estimate of drug-likeness (QED) is 0.556. The molecule has 32 heavy (non-hydrogen) atoms. The van der Waals surface area contributed by atoms with Gasteiger partial charge in [0, 0.05) is 18.7 Å². The van der Waals surface area contributed by atoms with Gasteiger partial charge in [-0.15, -0.1) is 11.8 Å². The first-order valence-electron chi connectivity index (χ1n) is 10.6. The standard InChI is InChI=1S/C26H26N2O3S/c1-31-23-13-7-20(8-14-23)17-27-25(30)21-9-11-22(12-10-21)26-28(24(29)18-32-26)16-15-19-5-3-2-4-6-19/h2-14,26H,15-18H2,1H3,(H,27,30). The summed E-state index contributed by atoms with van der Waals surface area (Å²) in [5, 5.41) is 2.94. The third kappa shape index (κ3) is 5.32. The number of hydrogen-bond acceptors (Lipinski definition) is 4. The van der Waals surface area contributed by atoms with Crippen molar-refractivity contribution in [2.24, 2.45) is 0 Å². The molecule has 0 saturated carbocycles. The SMILES string of the molecule is COc1ccc(CNC(=O)c2ccc(C3SCC(=O)N3CCc3ccccc3)cc2)cc1. The zero-order valence-corrected chi connectivity index (χ0v) is 18.8. The first kappa shape index (κ1) is 22.0. The maximum atomic E-state index is 12.5. The summed E-state index contributed by atoms with van der Waals surface area (Å²) in [7, 11) is 1.63. The van der Waals surface area contributed by atoms with Gasteiger partial charge in [0.05, 0.1) is 12.9 Å². The van der Waals surface area contributed by atoms with E-state index in [-0.39, 0.29) is 17.2 Å². The number of methoxy groups -OCH3 is 1. The van der Waals surface area contributed by atoms with Crippen molar-refractivity contribution in [2.45, 2.75) is 18.3 Å². The van der Waals surface area contributed by atoms with Gasteiger partial charge in [0.15, 0.2) is 0 Å².